The van der Waals surface area contributed by atoms with Crippen molar-refractivity contribution in [2.75, 3.05) is 11.5 Å². The fourth-order valence-corrected chi connectivity index (χ4v) is 4.10. The molecule has 1 saturated carbocycles. The van der Waals surface area contributed by atoms with Gasteiger partial charge in [0.05, 0.1) is 5.60 Å². The van der Waals surface area contributed by atoms with Gasteiger partial charge in [-0.25, -0.2) is 0 Å². The first kappa shape index (κ1) is 11.9. The van der Waals surface area contributed by atoms with Crippen LogP contribution in [0, 0.1) is 0 Å². The summed E-state index contributed by atoms with van der Waals surface area (Å²) in [6.45, 7) is 0. The third-order valence-corrected chi connectivity index (χ3v) is 5.28. The first-order valence-electron chi connectivity index (χ1n) is 6.25. The van der Waals surface area contributed by atoms with Gasteiger partial charge in [0, 0.05) is 17.2 Å². The van der Waals surface area contributed by atoms with Gasteiger partial charge >= 0.3 is 0 Å². The Kier molecular flexibility index (Phi) is 3.14. The van der Waals surface area contributed by atoms with Crippen LogP contribution in [0.5, 0.6) is 0 Å². The second kappa shape index (κ2) is 4.49. The number of aliphatic hydroxyl groups is 1. The highest BCUT2D eigenvalue weighted by molar-refractivity contribution is 7.99. The Balaban J connectivity index is 1.78. The van der Waals surface area contributed by atoms with E-state index in [-0.39, 0.29) is 0 Å². The van der Waals surface area contributed by atoms with E-state index >= 15 is 0 Å². The third kappa shape index (κ3) is 2.64. The Morgan fingerprint density at radius 3 is 2.82 bits per heavy atom. The van der Waals surface area contributed by atoms with Gasteiger partial charge in [0.25, 0.3) is 0 Å². The van der Waals surface area contributed by atoms with E-state index in [1.807, 2.05) is 11.8 Å². The average molecular weight is 269 g/mol. The molecule has 92 valence electrons. The molecule has 1 heterocycles. The Bertz CT molecular complexity index is 422. The van der Waals surface area contributed by atoms with Crippen LogP contribution >= 0.6 is 23.4 Å². The highest BCUT2D eigenvalue weighted by Crippen LogP contribution is 2.40. The molecule has 1 atom stereocenters. The number of thioether (sulfide) groups is 1. The summed E-state index contributed by atoms with van der Waals surface area (Å²) in [7, 11) is 0. The normalized spacial score (nSPS) is 26.1. The van der Waals surface area contributed by atoms with Crippen LogP contribution in [0.3, 0.4) is 0 Å². The second-order valence-electron chi connectivity index (χ2n) is 5.32. The fraction of sp³-hybridized carbons (Fsp3) is 0.571. The molecule has 0 amide bonds. The molecule has 1 saturated heterocycles. The van der Waals surface area contributed by atoms with Gasteiger partial charge in [0.2, 0.25) is 0 Å². The standard InChI is InChI=1S/C14H17ClOS/c15-13-7-10(8-14(16)4-5-14)1-2-12(13)11-3-6-17-9-11/h1-2,7,11,16H,3-6,8-9H2. The number of hydrogen-bond donors (Lipinski definition) is 1. The molecule has 1 aromatic rings. The molecule has 0 bridgehead atoms. The molecule has 1 unspecified atom stereocenters. The van der Waals surface area contributed by atoms with Crippen LogP contribution in [0.2, 0.25) is 5.02 Å². The maximum atomic E-state index is 9.91. The molecule has 3 rings (SSSR count). The van der Waals surface area contributed by atoms with Gasteiger partial charge in [-0.05, 0) is 48.1 Å². The molecule has 0 radical (unpaired) electrons. The zero-order chi connectivity index (χ0) is 11.9. The molecular formula is C14H17ClOS. The lowest BCUT2D eigenvalue weighted by Gasteiger charge is -2.14. The Hall–Kier alpha value is -0.180. The minimum absolute atomic E-state index is 0.423. The monoisotopic (exact) mass is 268 g/mol. The Labute approximate surface area is 112 Å². The van der Waals surface area contributed by atoms with Crippen molar-refractivity contribution < 1.29 is 5.11 Å². The van der Waals surface area contributed by atoms with Crippen molar-refractivity contribution in [3.05, 3.63) is 34.3 Å². The van der Waals surface area contributed by atoms with Gasteiger partial charge in [-0.15, -0.1) is 0 Å². The molecule has 1 nitrogen and oxygen atoms in total. The summed E-state index contributed by atoms with van der Waals surface area (Å²) in [4.78, 5) is 0. The number of hydrogen-bond acceptors (Lipinski definition) is 2. The third-order valence-electron chi connectivity index (χ3n) is 3.79. The number of rotatable bonds is 3. The van der Waals surface area contributed by atoms with Crippen LogP contribution in [-0.4, -0.2) is 22.2 Å². The molecule has 1 aromatic carbocycles. The molecule has 3 heteroatoms. The summed E-state index contributed by atoms with van der Waals surface area (Å²) in [5.74, 6) is 3.08. The Morgan fingerprint density at radius 1 is 1.41 bits per heavy atom. The molecule has 1 N–H and O–H groups in total. The summed E-state index contributed by atoms with van der Waals surface area (Å²) in [6.07, 6.45) is 3.87. The van der Waals surface area contributed by atoms with E-state index in [1.165, 1.54) is 29.1 Å². The van der Waals surface area contributed by atoms with Crippen LogP contribution in [0.4, 0.5) is 0 Å². The van der Waals surface area contributed by atoms with Crippen molar-refractivity contribution in [1.29, 1.82) is 0 Å². The van der Waals surface area contributed by atoms with Gasteiger partial charge < -0.3 is 5.11 Å². The minimum atomic E-state index is -0.423. The van der Waals surface area contributed by atoms with Crippen LogP contribution in [0.15, 0.2) is 18.2 Å². The zero-order valence-corrected chi connectivity index (χ0v) is 11.4. The van der Waals surface area contributed by atoms with Crippen molar-refractivity contribution >= 4 is 23.4 Å². The Morgan fingerprint density at radius 2 is 2.24 bits per heavy atom. The summed E-state index contributed by atoms with van der Waals surface area (Å²) in [5.41, 5.74) is 2.04. The number of benzene rings is 1. The molecule has 1 aliphatic heterocycles. The van der Waals surface area contributed by atoms with Gasteiger partial charge in [-0.3, -0.25) is 0 Å². The van der Waals surface area contributed by atoms with E-state index in [2.05, 4.69) is 18.2 Å². The first-order chi connectivity index (χ1) is 8.16. The van der Waals surface area contributed by atoms with Crippen LogP contribution in [0.1, 0.15) is 36.3 Å². The topological polar surface area (TPSA) is 20.2 Å². The van der Waals surface area contributed by atoms with Crippen molar-refractivity contribution in [3.63, 3.8) is 0 Å². The van der Waals surface area contributed by atoms with E-state index in [9.17, 15) is 5.11 Å². The predicted molar refractivity (Wildman–Crippen MR) is 74.0 cm³/mol. The van der Waals surface area contributed by atoms with Crippen LogP contribution in [-0.2, 0) is 6.42 Å². The lowest BCUT2D eigenvalue weighted by molar-refractivity contribution is 0.151. The molecule has 2 fully saturated rings. The van der Waals surface area contributed by atoms with E-state index in [0.717, 1.165) is 24.3 Å². The van der Waals surface area contributed by atoms with Gasteiger partial charge in [0.1, 0.15) is 0 Å². The van der Waals surface area contributed by atoms with Crippen molar-refractivity contribution in [2.45, 2.75) is 37.2 Å². The SMILES string of the molecule is OC1(Cc2ccc(C3CCSC3)c(Cl)c2)CC1. The molecule has 1 aliphatic carbocycles. The zero-order valence-electron chi connectivity index (χ0n) is 9.79. The van der Waals surface area contributed by atoms with Gasteiger partial charge in [-0.2, -0.15) is 11.8 Å². The molecule has 2 aliphatic rings. The number of halogens is 1. The maximum absolute atomic E-state index is 9.91. The predicted octanol–water partition coefficient (Wildman–Crippen LogP) is 3.63. The van der Waals surface area contributed by atoms with Crippen molar-refractivity contribution in [2.24, 2.45) is 0 Å². The molecule has 0 aromatic heterocycles. The lowest BCUT2D eigenvalue weighted by atomic mass is 9.96. The highest BCUT2D eigenvalue weighted by Gasteiger charge is 2.40. The van der Waals surface area contributed by atoms with Gasteiger partial charge in [-0.1, -0.05) is 23.7 Å². The van der Waals surface area contributed by atoms with E-state index in [1.54, 1.807) is 0 Å². The largest absolute Gasteiger partial charge is 0.390 e. The smallest absolute Gasteiger partial charge is 0.0690 e. The minimum Gasteiger partial charge on any atom is -0.390 e. The van der Waals surface area contributed by atoms with E-state index in [4.69, 9.17) is 11.6 Å². The molecule has 0 spiro atoms. The second-order valence-corrected chi connectivity index (χ2v) is 6.87. The maximum Gasteiger partial charge on any atom is 0.0690 e. The van der Waals surface area contributed by atoms with Crippen molar-refractivity contribution in [1.82, 2.24) is 0 Å². The summed E-state index contributed by atoms with van der Waals surface area (Å²) >= 11 is 8.38. The lowest BCUT2D eigenvalue weighted by Crippen LogP contribution is -2.10. The summed E-state index contributed by atoms with van der Waals surface area (Å²) < 4.78 is 0. The average Bonchev–Trinajstić information content (AvgIpc) is 2.81. The molecule has 17 heavy (non-hydrogen) atoms. The highest BCUT2D eigenvalue weighted by atomic mass is 35.5. The summed E-state index contributed by atoms with van der Waals surface area (Å²) in [6, 6.07) is 6.36. The van der Waals surface area contributed by atoms with Crippen LogP contribution in [0.25, 0.3) is 0 Å². The van der Waals surface area contributed by atoms with Crippen molar-refractivity contribution in [3.8, 4) is 0 Å². The molecular weight excluding hydrogens is 252 g/mol. The van der Waals surface area contributed by atoms with Gasteiger partial charge in [0.15, 0.2) is 0 Å². The van der Waals surface area contributed by atoms with Crippen LogP contribution < -0.4 is 0 Å². The fourth-order valence-electron chi connectivity index (χ4n) is 2.49. The first-order valence-corrected chi connectivity index (χ1v) is 7.78. The summed E-state index contributed by atoms with van der Waals surface area (Å²) in [5, 5.41) is 10.8. The van der Waals surface area contributed by atoms with E-state index in [0.29, 0.717) is 5.92 Å². The van der Waals surface area contributed by atoms with E-state index < -0.39 is 5.60 Å². The quantitative estimate of drug-likeness (QED) is 0.903.